The van der Waals surface area contributed by atoms with Crippen molar-refractivity contribution in [3.05, 3.63) is 65.5 Å². The summed E-state index contributed by atoms with van der Waals surface area (Å²) in [6, 6.07) is 13.5. The molecule has 0 atom stereocenters. The quantitative estimate of drug-likeness (QED) is 0.737. The average Bonchev–Trinajstić information content (AvgIpc) is 2.29. The summed E-state index contributed by atoms with van der Waals surface area (Å²) >= 11 is 0. The molecule has 0 spiro atoms. The molecule has 0 amide bonds. The molecule has 0 saturated carbocycles. The largest absolute Gasteiger partial charge is 0.298 e. The molecule has 0 aliphatic heterocycles. The highest BCUT2D eigenvalue weighted by Crippen LogP contribution is 2.08. The summed E-state index contributed by atoms with van der Waals surface area (Å²) in [5, 5.41) is 8.00. The van der Waals surface area contributed by atoms with E-state index in [1.165, 1.54) is 0 Å². The zero-order valence-corrected chi connectivity index (χ0v) is 8.57. The number of pyridine rings is 1. The first kappa shape index (κ1) is 9.59. The second-order valence-corrected chi connectivity index (χ2v) is 3.46. The number of nitrogens with one attached hydrogen (secondary N) is 1. The van der Waals surface area contributed by atoms with Crippen molar-refractivity contribution in [1.29, 1.82) is 5.41 Å². The zero-order valence-electron chi connectivity index (χ0n) is 8.57. The van der Waals surface area contributed by atoms with Gasteiger partial charge >= 0.3 is 0 Å². The number of aromatic nitrogens is 1. The Labute approximate surface area is 89.1 Å². The Kier molecular flexibility index (Phi) is 2.59. The smallest absolute Gasteiger partial charge is 0.0887 e. The predicted molar refractivity (Wildman–Crippen MR) is 61.3 cm³/mol. The molecule has 1 aromatic carbocycles. The van der Waals surface area contributed by atoms with Gasteiger partial charge in [-0.3, -0.25) is 10.4 Å². The lowest BCUT2D eigenvalue weighted by Crippen LogP contribution is -2.03. The maximum absolute atomic E-state index is 8.00. The van der Waals surface area contributed by atoms with Gasteiger partial charge in [-0.2, -0.15) is 0 Å². The molecule has 2 heteroatoms. The topological polar surface area (TPSA) is 36.7 Å². The number of hydrogen-bond acceptors (Lipinski definition) is 2. The number of benzene rings is 1. The van der Waals surface area contributed by atoms with E-state index in [2.05, 4.69) is 4.98 Å². The second-order valence-electron chi connectivity index (χ2n) is 3.46. The first-order chi connectivity index (χ1) is 7.27. The summed E-state index contributed by atoms with van der Waals surface area (Å²) in [6.07, 6.45) is 1.74. The summed E-state index contributed by atoms with van der Waals surface area (Å²) in [4.78, 5) is 4.19. The minimum Gasteiger partial charge on any atom is -0.298 e. The minimum atomic E-state index is 0.472. The van der Waals surface area contributed by atoms with Gasteiger partial charge in [0.15, 0.2) is 0 Å². The highest BCUT2D eigenvalue weighted by molar-refractivity contribution is 6.09. The van der Waals surface area contributed by atoms with Crippen molar-refractivity contribution in [1.82, 2.24) is 4.98 Å². The van der Waals surface area contributed by atoms with Crippen LogP contribution >= 0.6 is 0 Å². The Bertz CT molecular complexity index is 475. The Balaban J connectivity index is 2.37. The highest BCUT2D eigenvalue weighted by atomic mass is 14.7. The van der Waals surface area contributed by atoms with Crippen molar-refractivity contribution >= 4 is 5.71 Å². The van der Waals surface area contributed by atoms with Gasteiger partial charge in [-0.1, -0.05) is 30.3 Å². The average molecular weight is 196 g/mol. The van der Waals surface area contributed by atoms with Gasteiger partial charge in [-0.25, -0.2) is 0 Å². The first-order valence-electron chi connectivity index (χ1n) is 4.84. The van der Waals surface area contributed by atoms with Gasteiger partial charge in [-0.15, -0.1) is 0 Å². The molecular formula is C13H12N2. The fraction of sp³-hybridized carbons (Fsp3) is 0.0769. The van der Waals surface area contributed by atoms with E-state index in [4.69, 9.17) is 5.41 Å². The van der Waals surface area contributed by atoms with Gasteiger partial charge in [0.1, 0.15) is 0 Å². The van der Waals surface area contributed by atoms with Gasteiger partial charge in [0.25, 0.3) is 0 Å². The normalized spacial score (nSPS) is 9.93. The highest BCUT2D eigenvalue weighted by Gasteiger charge is 2.04. The van der Waals surface area contributed by atoms with Crippen molar-refractivity contribution in [2.45, 2.75) is 6.92 Å². The number of rotatable bonds is 2. The van der Waals surface area contributed by atoms with Crippen LogP contribution < -0.4 is 0 Å². The summed E-state index contributed by atoms with van der Waals surface area (Å²) in [6.45, 7) is 2.00. The summed E-state index contributed by atoms with van der Waals surface area (Å²) in [5.74, 6) is 0. The molecule has 0 radical (unpaired) electrons. The molecule has 1 aromatic heterocycles. The van der Waals surface area contributed by atoms with Gasteiger partial charge in [0, 0.05) is 11.8 Å². The maximum atomic E-state index is 8.00. The molecule has 0 fully saturated rings. The van der Waals surface area contributed by atoms with Crippen LogP contribution in [0.15, 0.2) is 48.7 Å². The molecule has 2 rings (SSSR count). The second kappa shape index (κ2) is 4.05. The van der Waals surface area contributed by atoms with E-state index in [1.807, 2.05) is 49.4 Å². The van der Waals surface area contributed by atoms with Crippen molar-refractivity contribution in [2.75, 3.05) is 0 Å². The van der Waals surface area contributed by atoms with E-state index in [-0.39, 0.29) is 0 Å². The molecule has 0 saturated heterocycles. The number of aryl methyl sites for hydroxylation is 1. The van der Waals surface area contributed by atoms with Crippen molar-refractivity contribution in [3.63, 3.8) is 0 Å². The van der Waals surface area contributed by atoms with Crippen LogP contribution in [0.4, 0.5) is 0 Å². The first-order valence-corrected chi connectivity index (χ1v) is 4.84. The molecule has 0 bridgehead atoms. The van der Waals surface area contributed by atoms with Crippen molar-refractivity contribution < 1.29 is 0 Å². The van der Waals surface area contributed by atoms with Crippen LogP contribution in [-0.4, -0.2) is 10.7 Å². The van der Waals surface area contributed by atoms with Crippen LogP contribution in [0.3, 0.4) is 0 Å². The van der Waals surface area contributed by atoms with E-state index in [0.717, 1.165) is 16.8 Å². The van der Waals surface area contributed by atoms with Crippen LogP contribution in [0.25, 0.3) is 0 Å². The Hall–Kier alpha value is -1.96. The Morgan fingerprint density at radius 2 is 1.87 bits per heavy atom. The fourth-order valence-corrected chi connectivity index (χ4v) is 1.43. The summed E-state index contributed by atoms with van der Waals surface area (Å²) in [7, 11) is 0. The van der Waals surface area contributed by atoms with Crippen molar-refractivity contribution in [2.24, 2.45) is 0 Å². The predicted octanol–water partition coefficient (Wildman–Crippen LogP) is 2.81. The van der Waals surface area contributed by atoms with Gasteiger partial charge in [0.2, 0.25) is 0 Å². The van der Waals surface area contributed by atoms with Crippen LogP contribution in [0.5, 0.6) is 0 Å². The molecular weight excluding hydrogens is 184 g/mol. The number of hydrogen-bond donors (Lipinski definition) is 1. The third kappa shape index (κ3) is 2.10. The fourth-order valence-electron chi connectivity index (χ4n) is 1.43. The molecule has 74 valence electrons. The van der Waals surface area contributed by atoms with Crippen LogP contribution in [0, 0.1) is 12.3 Å². The van der Waals surface area contributed by atoms with Crippen LogP contribution in [0.2, 0.25) is 0 Å². The van der Waals surface area contributed by atoms with E-state index >= 15 is 0 Å². The maximum Gasteiger partial charge on any atom is 0.0887 e. The minimum absolute atomic E-state index is 0.472. The lowest BCUT2D eigenvalue weighted by molar-refractivity contribution is 1.24. The summed E-state index contributed by atoms with van der Waals surface area (Å²) in [5.41, 5.74) is 3.22. The zero-order chi connectivity index (χ0) is 10.7. The van der Waals surface area contributed by atoms with E-state index in [1.54, 1.807) is 6.20 Å². The molecule has 2 aromatic rings. The lowest BCUT2D eigenvalue weighted by atomic mass is 10.1. The standard InChI is InChI=1S/C13H12N2/c1-10-7-8-15-12(9-10)13(14)11-5-3-2-4-6-11/h2-9,14H,1H3. The van der Waals surface area contributed by atoms with Gasteiger partial charge < -0.3 is 0 Å². The molecule has 0 unspecified atom stereocenters. The van der Waals surface area contributed by atoms with Crippen LogP contribution in [0.1, 0.15) is 16.8 Å². The van der Waals surface area contributed by atoms with Crippen LogP contribution in [-0.2, 0) is 0 Å². The van der Waals surface area contributed by atoms with E-state index in [9.17, 15) is 0 Å². The lowest BCUT2D eigenvalue weighted by Gasteiger charge is -2.03. The third-order valence-corrected chi connectivity index (χ3v) is 2.23. The Morgan fingerprint density at radius 3 is 2.53 bits per heavy atom. The number of nitrogens with zero attached hydrogens (tertiary/aromatic N) is 1. The molecule has 1 N–H and O–H groups in total. The SMILES string of the molecule is Cc1ccnc(C(=N)c2ccccc2)c1. The molecule has 0 aliphatic carbocycles. The Morgan fingerprint density at radius 1 is 1.13 bits per heavy atom. The van der Waals surface area contributed by atoms with Gasteiger partial charge in [0.05, 0.1) is 11.4 Å². The monoisotopic (exact) mass is 196 g/mol. The molecule has 1 heterocycles. The van der Waals surface area contributed by atoms with E-state index in [0.29, 0.717) is 5.71 Å². The molecule has 2 nitrogen and oxygen atoms in total. The molecule has 0 aliphatic rings. The third-order valence-electron chi connectivity index (χ3n) is 2.23. The van der Waals surface area contributed by atoms with E-state index < -0.39 is 0 Å². The summed E-state index contributed by atoms with van der Waals surface area (Å²) < 4.78 is 0. The van der Waals surface area contributed by atoms with Crippen molar-refractivity contribution in [3.8, 4) is 0 Å². The molecule has 15 heavy (non-hydrogen) atoms. The van der Waals surface area contributed by atoms with Gasteiger partial charge in [-0.05, 0) is 24.6 Å².